The molecule has 6 heteroatoms. The van der Waals surface area contributed by atoms with Gasteiger partial charge < -0.3 is 14.8 Å². The fourth-order valence-corrected chi connectivity index (χ4v) is 4.74. The normalized spacial score (nSPS) is 12.0. The van der Waals surface area contributed by atoms with Crippen LogP contribution in [0.3, 0.4) is 0 Å². The number of hydrogen-bond acceptors (Lipinski definition) is 5. The molecular formula is C36H34N2O4. The minimum absolute atomic E-state index is 0.00205. The number of esters is 1. The van der Waals surface area contributed by atoms with Gasteiger partial charge in [-0.2, -0.15) is 0 Å². The summed E-state index contributed by atoms with van der Waals surface area (Å²) in [7, 11) is 1.34. The zero-order valence-electron chi connectivity index (χ0n) is 24.3. The van der Waals surface area contributed by atoms with Gasteiger partial charge in [-0.3, -0.25) is 14.6 Å². The molecule has 0 aliphatic heterocycles. The Hall–Kier alpha value is -4.97. The quantitative estimate of drug-likeness (QED) is 0.195. The average Bonchev–Trinajstić information content (AvgIpc) is 3.00. The number of fused-ring (bicyclic) bond motifs is 1. The van der Waals surface area contributed by atoms with Gasteiger partial charge in [0, 0.05) is 11.6 Å². The van der Waals surface area contributed by atoms with E-state index < -0.39 is 12.0 Å². The third-order valence-corrected chi connectivity index (χ3v) is 7.21. The molecule has 0 radical (unpaired) electrons. The van der Waals surface area contributed by atoms with Crippen LogP contribution in [0.25, 0.3) is 21.9 Å². The number of carbonyl (C=O) groups is 2. The standard InChI is InChI=1S/C36H34N2O4/c1-36(2,3)29-15-18-30(19-16-29)42-31-17-14-27-21-33(37-23-28(27)20-31)35(40)38-32(22-34(39)41-4)26-12-10-25(11-13-26)24-8-6-5-7-9-24/h5-21,23,32H,22H2,1-4H3,(H,38,40). The Morgan fingerprint density at radius 1 is 0.786 bits per heavy atom. The predicted octanol–water partition coefficient (Wildman–Crippen LogP) is 8.03. The highest BCUT2D eigenvalue weighted by Gasteiger charge is 2.21. The molecule has 4 aromatic carbocycles. The van der Waals surface area contributed by atoms with Crippen molar-refractivity contribution >= 4 is 22.6 Å². The molecule has 42 heavy (non-hydrogen) atoms. The minimum Gasteiger partial charge on any atom is -0.469 e. The number of aromatic nitrogens is 1. The van der Waals surface area contributed by atoms with Crippen LogP contribution in [-0.4, -0.2) is 24.0 Å². The fraction of sp³-hybridized carbons (Fsp3) is 0.194. The lowest BCUT2D eigenvalue weighted by Crippen LogP contribution is -2.31. The van der Waals surface area contributed by atoms with Gasteiger partial charge in [0.1, 0.15) is 17.2 Å². The largest absolute Gasteiger partial charge is 0.469 e. The molecule has 0 bridgehead atoms. The molecule has 1 atom stereocenters. The lowest BCUT2D eigenvalue weighted by Gasteiger charge is -2.19. The number of methoxy groups -OCH3 is 1. The molecule has 1 aromatic heterocycles. The summed E-state index contributed by atoms with van der Waals surface area (Å²) in [6.07, 6.45) is 1.65. The highest BCUT2D eigenvalue weighted by molar-refractivity contribution is 5.97. The Balaban J connectivity index is 1.31. The third kappa shape index (κ3) is 6.84. The molecule has 0 spiro atoms. The maximum absolute atomic E-state index is 13.3. The summed E-state index contributed by atoms with van der Waals surface area (Å²) in [6.45, 7) is 6.53. The summed E-state index contributed by atoms with van der Waals surface area (Å²) in [4.78, 5) is 29.9. The molecule has 0 saturated heterocycles. The monoisotopic (exact) mass is 558 g/mol. The molecule has 1 amide bonds. The average molecular weight is 559 g/mol. The summed E-state index contributed by atoms with van der Waals surface area (Å²) in [5.41, 5.74) is 4.50. The Labute approximate surface area is 246 Å². The number of benzene rings is 4. The first-order valence-electron chi connectivity index (χ1n) is 13.9. The van der Waals surface area contributed by atoms with E-state index in [0.717, 1.165) is 33.2 Å². The van der Waals surface area contributed by atoms with Gasteiger partial charge in [-0.05, 0) is 63.4 Å². The first-order chi connectivity index (χ1) is 20.2. The molecule has 1 N–H and O–H groups in total. The lowest BCUT2D eigenvalue weighted by molar-refractivity contribution is -0.141. The van der Waals surface area contributed by atoms with Crippen molar-refractivity contribution in [1.29, 1.82) is 0 Å². The molecule has 1 unspecified atom stereocenters. The maximum atomic E-state index is 13.3. The first kappa shape index (κ1) is 28.6. The lowest BCUT2D eigenvalue weighted by atomic mass is 9.87. The summed E-state index contributed by atoms with van der Waals surface area (Å²) in [5, 5.41) is 4.67. The van der Waals surface area contributed by atoms with E-state index in [1.165, 1.54) is 12.7 Å². The fourth-order valence-electron chi connectivity index (χ4n) is 4.74. The van der Waals surface area contributed by atoms with E-state index in [2.05, 4.69) is 43.2 Å². The highest BCUT2D eigenvalue weighted by atomic mass is 16.5. The van der Waals surface area contributed by atoms with Gasteiger partial charge in [0.15, 0.2) is 0 Å². The van der Waals surface area contributed by atoms with Crippen LogP contribution in [0.4, 0.5) is 0 Å². The molecule has 6 nitrogen and oxygen atoms in total. The number of nitrogens with one attached hydrogen (secondary N) is 1. The van der Waals surface area contributed by atoms with Crippen LogP contribution in [-0.2, 0) is 14.9 Å². The van der Waals surface area contributed by atoms with Crippen molar-refractivity contribution in [2.75, 3.05) is 7.11 Å². The Morgan fingerprint density at radius 3 is 2.12 bits per heavy atom. The number of hydrogen-bond donors (Lipinski definition) is 1. The molecule has 0 fully saturated rings. The van der Waals surface area contributed by atoms with Gasteiger partial charge in [-0.1, -0.05) is 93.6 Å². The maximum Gasteiger partial charge on any atom is 0.307 e. The zero-order valence-corrected chi connectivity index (χ0v) is 24.3. The minimum atomic E-state index is -0.576. The van der Waals surface area contributed by atoms with Crippen molar-refractivity contribution in [1.82, 2.24) is 10.3 Å². The van der Waals surface area contributed by atoms with Gasteiger partial charge in [0.05, 0.1) is 19.6 Å². The van der Waals surface area contributed by atoms with E-state index >= 15 is 0 Å². The van der Waals surface area contributed by atoms with Crippen LogP contribution in [0.2, 0.25) is 0 Å². The topological polar surface area (TPSA) is 77.5 Å². The summed E-state index contributed by atoms with van der Waals surface area (Å²) >= 11 is 0. The number of rotatable bonds is 8. The summed E-state index contributed by atoms with van der Waals surface area (Å²) in [5.74, 6) is 0.638. The zero-order chi connectivity index (χ0) is 29.7. The third-order valence-electron chi connectivity index (χ3n) is 7.21. The van der Waals surface area contributed by atoms with Crippen molar-refractivity contribution in [3.63, 3.8) is 0 Å². The van der Waals surface area contributed by atoms with Crippen LogP contribution < -0.4 is 10.1 Å². The molecule has 5 rings (SSSR count). The molecule has 0 saturated carbocycles. The van der Waals surface area contributed by atoms with E-state index in [-0.39, 0.29) is 23.4 Å². The number of pyridine rings is 1. The van der Waals surface area contributed by atoms with E-state index in [1.54, 1.807) is 12.3 Å². The van der Waals surface area contributed by atoms with E-state index in [9.17, 15) is 9.59 Å². The molecular weight excluding hydrogens is 524 g/mol. The van der Waals surface area contributed by atoms with Crippen LogP contribution in [0.1, 0.15) is 54.8 Å². The molecule has 1 heterocycles. The molecule has 5 aromatic rings. The SMILES string of the molecule is COC(=O)CC(NC(=O)c1cc2ccc(Oc3ccc(C(C)(C)C)cc3)cc2cn1)c1ccc(-c2ccccc2)cc1. The van der Waals surface area contributed by atoms with Gasteiger partial charge >= 0.3 is 5.97 Å². The van der Waals surface area contributed by atoms with Gasteiger partial charge in [0.25, 0.3) is 5.91 Å². The van der Waals surface area contributed by atoms with Crippen molar-refractivity contribution in [2.24, 2.45) is 0 Å². The number of ether oxygens (including phenoxy) is 2. The first-order valence-corrected chi connectivity index (χ1v) is 13.9. The highest BCUT2D eigenvalue weighted by Crippen LogP contribution is 2.29. The second-order valence-electron chi connectivity index (χ2n) is 11.2. The number of nitrogens with zero attached hydrogens (tertiary/aromatic N) is 1. The van der Waals surface area contributed by atoms with Crippen molar-refractivity contribution in [2.45, 2.75) is 38.6 Å². The van der Waals surface area contributed by atoms with Crippen molar-refractivity contribution in [3.8, 4) is 22.6 Å². The Morgan fingerprint density at radius 2 is 1.45 bits per heavy atom. The summed E-state index contributed by atoms with van der Waals surface area (Å²) in [6, 6.07) is 32.7. The van der Waals surface area contributed by atoms with Crippen LogP contribution >= 0.6 is 0 Å². The number of carbonyl (C=O) groups excluding carboxylic acids is 2. The predicted molar refractivity (Wildman–Crippen MR) is 166 cm³/mol. The Bertz CT molecular complexity index is 1690. The van der Waals surface area contributed by atoms with Gasteiger partial charge in [0.2, 0.25) is 0 Å². The number of amides is 1. The van der Waals surface area contributed by atoms with E-state index in [4.69, 9.17) is 9.47 Å². The van der Waals surface area contributed by atoms with Gasteiger partial charge in [-0.25, -0.2) is 0 Å². The molecule has 212 valence electrons. The van der Waals surface area contributed by atoms with E-state index in [0.29, 0.717) is 5.75 Å². The smallest absolute Gasteiger partial charge is 0.307 e. The van der Waals surface area contributed by atoms with Crippen LogP contribution in [0, 0.1) is 0 Å². The second-order valence-corrected chi connectivity index (χ2v) is 11.2. The van der Waals surface area contributed by atoms with Gasteiger partial charge in [-0.15, -0.1) is 0 Å². The second kappa shape index (κ2) is 12.3. The van der Waals surface area contributed by atoms with Crippen LogP contribution in [0.5, 0.6) is 11.5 Å². The van der Waals surface area contributed by atoms with Crippen LogP contribution in [0.15, 0.2) is 109 Å². The van der Waals surface area contributed by atoms with Crippen molar-refractivity contribution in [3.05, 3.63) is 126 Å². The molecule has 0 aliphatic rings. The Kier molecular flexibility index (Phi) is 8.34. The van der Waals surface area contributed by atoms with Crippen molar-refractivity contribution < 1.29 is 19.1 Å². The summed E-state index contributed by atoms with van der Waals surface area (Å²) < 4.78 is 11.0. The molecule has 0 aliphatic carbocycles. The van der Waals surface area contributed by atoms with E-state index in [1.807, 2.05) is 84.9 Å².